The van der Waals surface area contributed by atoms with Crippen molar-refractivity contribution in [2.75, 3.05) is 12.4 Å². The smallest absolute Gasteiger partial charge is 0.256 e. The third-order valence-corrected chi connectivity index (χ3v) is 2.98. The number of benzene rings is 1. The van der Waals surface area contributed by atoms with E-state index >= 15 is 0 Å². The third kappa shape index (κ3) is 2.70. The summed E-state index contributed by atoms with van der Waals surface area (Å²) in [4.78, 5) is 11.9. The number of aryl methyl sites for hydroxylation is 1. The molecule has 0 spiro atoms. The van der Waals surface area contributed by atoms with Crippen molar-refractivity contribution in [1.29, 1.82) is 0 Å². The summed E-state index contributed by atoms with van der Waals surface area (Å²) < 4.78 is 5.84. The first-order valence-corrected chi connectivity index (χ1v) is 6.06. The van der Waals surface area contributed by atoms with E-state index in [2.05, 4.69) is 31.4 Å². The van der Waals surface area contributed by atoms with Gasteiger partial charge in [0.15, 0.2) is 5.82 Å². The minimum atomic E-state index is -0.218. The van der Waals surface area contributed by atoms with Gasteiger partial charge in [-0.15, -0.1) is 0 Å². The molecule has 1 aromatic carbocycles. The van der Waals surface area contributed by atoms with Crippen LogP contribution in [0, 0.1) is 6.92 Å². The Morgan fingerprint density at radius 1 is 1.44 bits per heavy atom. The van der Waals surface area contributed by atoms with Gasteiger partial charge in [0.25, 0.3) is 5.91 Å². The number of nitrogens with zero attached hydrogens (tertiary/aromatic N) is 1. The van der Waals surface area contributed by atoms with Gasteiger partial charge in [-0.25, -0.2) is 0 Å². The predicted molar refractivity (Wildman–Crippen MR) is 72.0 cm³/mol. The zero-order valence-corrected chi connectivity index (χ0v) is 11.5. The third-order valence-electron chi connectivity index (χ3n) is 2.36. The highest BCUT2D eigenvalue weighted by molar-refractivity contribution is 9.10. The maximum absolute atomic E-state index is 11.9. The van der Waals surface area contributed by atoms with Crippen LogP contribution in [-0.2, 0) is 0 Å². The van der Waals surface area contributed by atoms with E-state index in [0.717, 1.165) is 10.2 Å². The van der Waals surface area contributed by atoms with Gasteiger partial charge in [0, 0.05) is 17.3 Å². The van der Waals surface area contributed by atoms with Crippen LogP contribution < -0.4 is 10.1 Å². The van der Waals surface area contributed by atoms with Gasteiger partial charge in [0.05, 0.1) is 11.6 Å². The molecule has 2 rings (SSSR count). The molecule has 5 nitrogen and oxygen atoms in total. The highest BCUT2D eigenvalue weighted by Crippen LogP contribution is 2.25. The van der Waals surface area contributed by atoms with E-state index in [-0.39, 0.29) is 5.91 Å². The van der Waals surface area contributed by atoms with Crippen molar-refractivity contribution in [2.45, 2.75) is 6.92 Å². The lowest BCUT2D eigenvalue weighted by Crippen LogP contribution is -2.12. The molecule has 1 amide bonds. The summed E-state index contributed by atoms with van der Waals surface area (Å²) in [6, 6.07) is 6.89. The van der Waals surface area contributed by atoms with Crippen molar-refractivity contribution in [3.63, 3.8) is 0 Å². The number of aromatic amines is 1. The molecule has 0 aliphatic rings. The molecular weight excluding hydrogens is 298 g/mol. The number of methoxy groups -OCH3 is 1. The molecule has 0 radical (unpaired) electrons. The van der Waals surface area contributed by atoms with Crippen molar-refractivity contribution < 1.29 is 9.53 Å². The van der Waals surface area contributed by atoms with Gasteiger partial charge < -0.3 is 10.1 Å². The zero-order valence-electron chi connectivity index (χ0n) is 9.95. The van der Waals surface area contributed by atoms with Crippen molar-refractivity contribution in [3.8, 4) is 5.75 Å². The second kappa shape index (κ2) is 5.22. The van der Waals surface area contributed by atoms with E-state index in [1.807, 2.05) is 6.92 Å². The van der Waals surface area contributed by atoms with Crippen LogP contribution in [0.4, 0.5) is 5.82 Å². The number of H-pyrrole nitrogens is 1. The predicted octanol–water partition coefficient (Wildman–Crippen LogP) is 2.74. The van der Waals surface area contributed by atoms with Gasteiger partial charge in [-0.1, -0.05) is 0 Å². The number of amides is 1. The van der Waals surface area contributed by atoms with Gasteiger partial charge in [-0.05, 0) is 41.1 Å². The number of hydrogen-bond donors (Lipinski definition) is 2. The molecule has 0 atom stereocenters. The number of halogens is 1. The SMILES string of the molecule is COc1ccc(C(=O)Nc2cc(C)[nH]n2)cc1Br. The number of ether oxygens (including phenoxy) is 1. The summed E-state index contributed by atoms with van der Waals surface area (Å²) in [5, 5.41) is 9.41. The van der Waals surface area contributed by atoms with Crippen molar-refractivity contribution >= 4 is 27.7 Å². The van der Waals surface area contributed by atoms with E-state index in [1.165, 1.54) is 0 Å². The number of anilines is 1. The highest BCUT2D eigenvalue weighted by Gasteiger charge is 2.10. The van der Waals surface area contributed by atoms with E-state index in [9.17, 15) is 4.79 Å². The average molecular weight is 310 g/mol. The van der Waals surface area contributed by atoms with Crippen molar-refractivity contribution in [2.24, 2.45) is 0 Å². The molecule has 1 heterocycles. The Labute approximate surface area is 113 Å². The lowest BCUT2D eigenvalue weighted by molar-refractivity contribution is 0.102. The Morgan fingerprint density at radius 3 is 2.78 bits per heavy atom. The summed E-state index contributed by atoms with van der Waals surface area (Å²) in [7, 11) is 1.58. The summed E-state index contributed by atoms with van der Waals surface area (Å²) in [6.07, 6.45) is 0. The van der Waals surface area contributed by atoms with Gasteiger partial charge in [0.2, 0.25) is 0 Å². The van der Waals surface area contributed by atoms with E-state index < -0.39 is 0 Å². The topological polar surface area (TPSA) is 67.0 Å². The molecule has 94 valence electrons. The van der Waals surface area contributed by atoms with Crippen molar-refractivity contribution in [3.05, 3.63) is 40.0 Å². The quantitative estimate of drug-likeness (QED) is 0.916. The molecule has 1 aromatic heterocycles. The van der Waals surface area contributed by atoms with Crippen LogP contribution in [0.2, 0.25) is 0 Å². The number of carbonyl (C=O) groups is 1. The number of nitrogens with one attached hydrogen (secondary N) is 2. The molecule has 2 aromatic rings. The summed E-state index contributed by atoms with van der Waals surface area (Å²) in [6.45, 7) is 1.87. The second-order valence-electron chi connectivity index (χ2n) is 3.74. The van der Waals surface area contributed by atoms with Crippen LogP contribution >= 0.6 is 15.9 Å². The first kappa shape index (κ1) is 12.6. The summed E-state index contributed by atoms with van der Waals surface area (Å²) >= 11 is 3.34. The van der Waals surface area contributed by atoms with Gasteiger partial charge in [-0.2, -0.15) is 5.10 Å². The molecule has 0 saturated carbocycles. The minimum Gasteiger partial charge on any atom is -0.496 e. The Kier molecular flexibility index (Phi) is 3.66. The van der Waals surface area contributed by atoms with E-state index in [1.54, 1.807) is 31.4 Å². The van der Waals surface area contributed by atoms with Crippen LogP contribution in [0.1, 0.15) is 16.1 Å². The normalized spacial score (nSPS) is 10.2. The molecule has 0 aliphatic carbocycles. The maximum Gasteiger partial charge on any atom is 0.256 e. The Hall–Kier alpha value is -1.82. The molecule has 18 heavy (non-hydrogen) atoms. The highest BCUT2D eigenvalue weighted by atomic mass is 79.9. The Balaban J connectivity index is 2.16. The van der Waals surface area contributed by atoms with Crippen LogP contribution in [0.5, 0.6) is 5.75 Å². The first-order chi connectivity index (χ1) is 8.60. The average Bonchev–Trinajstić information content (AvgIpc) is 2.74. The van der Waals surface area contributed by atoms with Crippen LogP contribution in [0.15, 0.2) is 28.7 Å². The van der Waals surface area contributed by atoms with Crippen LogP contribution in [0.25, 0.3) is 0 Å². The molecule has 6 heteroatoms. The second-order valence-corrected chi connectivity index (χ2v) is 4.59. The number of rotatable bonds is 3. The van der Waals surface area contributed by atoms with E-state index in [4.69, 9.17) is 4.74 Å². The molecule has 2 N–H and O–H groups in total. The first-order valence-electron chi connectivity index (χ1n) is 5.27. The maximum atomic E-state index is 11.9. The molecule has 0 fully saturated rings. The monoisotopic (exact) mass is 309 g/mol. The molecule has 0 unspecified atom stereocenters. The van der Waals surface area contributed by atoms with E-state index in [0.29, 0.717) is 17.1 Å². The van der Waals surface area contributed by atoms with Gasteiger partial charge in [-0.3, -0.25) is 9.89 Å². The largest absolute Gasteiger partial charge is 0.496 e. The summed E-state index contributed by atoms with van der Waals surface area (Å²) in [5.74, 6) is 0.969. The fourth-order valence-corrected chi connectivity index (χ4v) is 2.02. The molecular formula is C12H12BrN3O2. The van der Waals surface area contributed by atoms with Gasteiger partial charge in [0.1, 0.15) is 5.75 Å². The Morgan fingerprint density at radius 2 is 2.22 bits per heavy atom. The number of aromatic nitrogens is 2. The lowest BCUT2D eigenvalue weighted by Gasteiger charge is -2.06. The van der Waals surface area contributed by atoms with Crippen LogP contribution in [-0.4, -0.2) is 23.2 Å². The van der Waals surface area contributed by atoms with Crippen LogP contribution in [0.3, 0.4) is 0 Å². The molecule has 0 aliphatic heterocycles. The fourth-order valence-electron chi connectivity index (χ4n) is 1.48. The number of hydrogen-bond acceptors (Lipinski definition) is 3. The van der Waals surface area contributed by atoms with Crippen molar-refractivity contribution in [1.82, 2.24) is 10.2 Å². The molecule has 0 bridgehead atoms. The fraction of sp³-hybridized carbons (Fsp3) is 0.167. The van der Waals surface area contributed by atoms with Gasteiger partial charge >= 0.3 is 0 Å². The number of carbonyl (C=O) groups excluding carboxylic acids is 1. The molecule has 0 saturated heterocycles. The lowest BCUT2D eigenvalue weighted by atomic mass is 10.2. The standard InChI is InChI=1S/C12H12BrN3O2/c1-7-5-11(16-15-7)14-12(17)8-3-4-10(18-2)9(13)6-8/h3-6H,1-2H3,(H2,14,15,16,17). The summed E-state index contributed by atoms with van der Waals surface area (Å²) in [5.41, 5.74) is 1.42. The Bertz CT molecular complexity index is 580. The minimum absolute atomic E-state index is 0.218. The zero-order chi connectivity index (χ0) is 13.1.